The second-order valence-electron chi connectivity index (χ2n) is 1.63. The average Bonchev–Trinajstić information content (AvgIpc) is 1.89. The summed E-state index contributed by atoms with van der Waals surface area (Å²) >= 11 is 0. The van der Waals surface area contributed by atoms with Crippen LogP contribution in [0.2, 0.25) is 0 Å². The summed E-state index contributed by atoms with van der Waals surface area (Å²) in [4.78, 5) is 7.54. The molecule has 1 aromatic heterocycles. The van der Waals surface area contributed by atoms with Crippen LogP contribution in [0.3, 0.4) is 0 Å². The van der Waals surface area contributed by atoms with Gasteiger partial charge < -0.3 is 11.5 Å². The molecular weight excluding hydrogens is 116 g/mol. The van der Waals surface area contributed by atoms with E-state index in [1.165, 1.54) is 12.5 Å². The molecule has 4 N–H and O–H groups in total. The zero-order valence-electron chi connectivity index (χ0n) is 4.91. The summed E-state index contributed by atoms with van der Waals surface area (Å²) in [7, 11) is 0. The Kier molecular flexibility index (Phi) is 1.60. The van der Waals surface area contributed by atoms with E-state index in [1.807, 2.05) is 0 Å². The fraction of sp³-hybridized carbons (Fsp3) is 0.200. The minimum absolute atomic E-state index is 0.369. The Bertz CT molecular complexity index is 198. The molecule has 0 aliphatic carbocycles. The van der Waals surface area contributed by atoms with E-state index in [2.05, 4.69) is 9.97 Å². The van der Waals surface area contributed by atoms with Crippen LogP contribution in [-0.2, 0) is 6.54 Å². The highest BCUT2D eigenvalue weighted by atomic mass is 14.9. The van der Waals surface area contributed by atoms with Crippen molar-refractivity contribution in [1.82, 2.24) is 9.97 Å². The normalized spacial score (nSPS) is 9.44. The van der Waals surface area contributed by atoms with Crippen LogP contribution in [0.5, 0.6) is 0 Å². The summed E-state index contributed by atoms with van der Waals surface area (Å²) in [6.07, 6.45) is 2.97. The Morgan fingerprint density at radius 3 is 2.78 bits per heavy atom. The first-order valence-electron chi connectivity index (χ1n) is 2.59. The summed E-state index contributed by atoms with van der Waals surface area (Å²) in [5, 5.41) is 0. The predicted octanol–water partition coefficient (Wildman–Crippen LogP) is -0.483. The van der Waals surface area contributed by atoms with Gasteiger partial charge in [0.15, 0.2) is 0 Å². The molecule has 0 aliphatic rings. The van der Waals surface area contributed by atoms with Crippen molar-refractivity contribution in [3.8, 4) is 0 Å². The van der Waals surface area contributed by atoms with Gasteiger partial charge in [-0.05, 0) is 0 Å². The van der Waals surface area contributed by atoms with Crippen molar-refractivity contribution >= 4 is 5.69 Å². The molecule has 4 heteroatoms. The van der Waals surface area contributed by atoms with Crippen molar-refractivity contribution < 1.29 is 0 Å². The third-order valence-corrected chi connectivity index (χ3v) is 1.02. The van der Waals surface area contributed by atoms with Gasteiger partial charge in [0.1, 0.15) is 6.33 Å². The van der Waals surface area contributed by atoms with Gasteiger partial charge in [0.25, 0.3) is 0 Å². The summed E-state index contributed by atoms with van der Waals surface area (Å²) in [6.45, 7) is 0.369. The fourth-order valence-electron chi connectivity index (χ4n) is 0.536. The van der Waals surface area contributed by atoms with Gasteiger partial charge >= 0.3 is 0 Å². The maximum atomic E-state index is 5.43. The van der Waals surface area contributed by atoms with E-state index < -0.39 is 0 Å². The Morgan fingerprint density at radius 2 is 2.33 bits per heavy atom. The van der Waals surface area contributed by atoms with E-state index in [0.29, 0.717) is 17.9 Å². The van der Waals surface area contributed by atoms with Gasteiger partial charge in [0, 0.05) is 6.54 Å². The molecule has 0 bridgehead atoms. The zero-order valence-corrected chi connectivity index (χ0v) is 4.91. The topological polar surface area (TPSA) is 77.8 Å². The molecule has 48 valence electrons. The van der Waals surface area contributed by atoms with E-state index in [1.54, 1.807) is 0 Å². The van der Waals surface area contributed by atoms with Crippen LogP contribution in [0.15, 0.2) is 12.5 Å². The van der Waals surface area contributed by atoms with Crippen LogP contribution in [0.4, 0.5) is 5.69 Å². The third kappa shape index (κ3) is 1.14. The van der Waals surface area contributed by atoms with Gasteiger partial charge in [-0.2, -0.15) is 0 Å². The molecule has 4 nitrogen and oxygen atoms in total. The molecule has 0 amide bonds. The first kappa shape index (κ1) is 5.97. The quantitative estimate of drug-likeness (QED) is 0.530. The highest BCUT2D eigenvalue weighted by Gasteiger charge is 1.93. The molecule has 0 aromatic carbocycles. The van der Waals surface area contributed by atoms with Gasteiger partial charge in [-0.15, -0.1) is 0 Å². The standard InChI is InChI=1S/C5H8N4/c6-1-5-4(7)2-8-3-9-5/h2-3H,1,6-7H2. The summed E-state index contributed by atoms with van der Waals surface area (Å²) < 4.78 is 0. The summed E-state index contributed by atoms with van der Waals surface area (Å²) in [6, 6.07) is 0. The van der Waals surface area contributed by atoms with E-state index in [0.717, 1.165) is 0 Å². The lowest BCUT2D eigenvalue weighted by molar-refractivity contribution is 0.970. The van der Waals surface area contributed by atoms with Crippen LogP contribution in [0, 0.1) is 0 Å². The molecule has 0 aliphatic heterocycles. The molecule has 1 heterocycles. The molecule has 0 fully saturated rings. The highest BCUT2D eigenvalue weighted by molar-refractivity contribution is 5.38. The SMILES string of the molecule is NCc1ncncc1N. The van der Waals surface area contributed by atoms with Crippen LogP contribution in [-0.4, -0.2) is 9.97 Å². The van der Waals surface area contributed by atoms with Gasteiger partial charge in [-0.25, -0.2) is 9.97 Å². The number of nitrogens with two attached hydrogens (primary N) is 2. The maximum absolute atomic E-state index is 5.43. The Morgan fingerprint density at radius 1 is 1.56 bits per heavy atom. The van der Waals surface area contributed by atoms with Crippen LogP contribution >= 0.6 is 0 Å². The largest absolute Gasteiger partial charge is 0.396 e. The lowest BCUT2D eigenvalue weighted by Gasteiger charge is -1.96. The van der Waals surface area contributed by atoms with Crippen LogP contribution < -0.4 is 11.5 Å². The Hall–Kier alpha value is -1.16. The smallest absolute Gasteiger partial charge is 0.115 e. The summed E-state index contributed by atoms with van der Waals surface area (Å²) in [5.74, 6) is 0. The second kappa shape index (κ2) is 2.41. The number of hydrogen-bond donors (Lipinski definition) is 2. The van der Waals surface area contributed by atoms with Gasteiger partial charge in [-0.1, -0.05) is 0 Å². The number of anilines is 1. The average molecular weight is 124 g/mol. The van der Waals surface area contributed by atoms with E-state index in [9.17, 15) is 0 Å². The molecule has 1 aromatic rings. The minimum Gasteiger partial charge on any atom is -0.396 e. The lowest BCUT2D eigenvalue weighted by Crippen LogP contribution is -2.04. The van der Waals surface area contributed by atoms with E-state index >= 15 is 0 Å². The minimum atomic E-state index is 0.369. The monoisotopic (exact) mass is 124 g/mol. The predicted molar refractivity (Wildman–Crippen MR) is 34.3 cm³/mol. The maximum Gasteiger partial charge on any atom is 0.115 e. The Labute approximate surface area is 52.9 Å². The number of aromatic nitrogens is 2. The van der Waals surface area contributed by atoms with Crippen molar-refractivity contribution in [2.24, 2.45) is 5.73 Å². The highest BCUT2D eigenvalue weighted by Crippen LogP contribution is 2.01. The van der Waals surface area contributed by atoms with Crippen molar-refractivity contribution in [1.29, 1.82) is 0 Å². The van der Waals surface area contributed by atoms with Crippen molar-refractivity contribution in [2.75, 3.05) is 5.73 Å². The van der Waals surface area contributed by atoms with E-state index in [-0.39, 0.29) is 0 Å². The van der Waals surface area contributed by atoms with Crippen LogP contribution in [0.25, 0.3) is 0 Å². The number of hydrogen-bond acceptors (Lipinski definition) is 4. The molecule has 1 rings (SSSR count). The number of nitrogen functional groups attached to an aromatic ring is 1. The van der Waals surface area contributed by atoms with Crippen molar-refractivity contribution in [3.63, 3.8) is 0 Å². The van der Waals surface area contributed by atoms with Gasteiger partial charge in [0.05, 0.1) is 17.6 Å². The first-order chi connectivity index (χ1) is 4.34. The molecule has 0 saturated heterocycles. The molecule has 0 radical (unpaired) electrons. The number of nitrogens with zero attached hydrogens (tertiary/aromatic N) is 2. The zero-order chi connectivity index (χ0) is 6.69. The summed E-state index contributed by atoms with van der Waals surface area (Å²) in [5.41, 5.74) is 12.0. The van der Waals surface area contributed by atoms with Gasteiger partial charge in [0.2, 0.25) is 0 Å². The van der Waals surface area contributed by atoms with Crippen LogP contribution in [0.1, 0.15) is 5.69 Å². The lowest BCUT2D eigenvalue weighted by atomic mass is 10.3. The molecular formula is C5H8N4. The van der Waals surface area contributed by atoms with Gasteiger partial charge in [-0.3, -0.25) is 0 Å². The fourth-order valence-corrected chi connectivity index (χ4v) is 0.536. The van der Waals surface area contributed by atoms with Crippen molar-refractivity contribution in [2.45, 2.75) is 6.54 Å². The molecule has 0 saturated carbocycles. The van der Waals surface area contributed by atoms with Crippen molar-refractivity contribution in [3.05, 3.63) is 18.2 Å². The second-order valence-corrected chi connectivity index (χ2v) is 1.63. The molecule has 9 heavy (non-hydrogen) atoms. The first-order valence-corrected chi connectivity index (χ1v) is 2.59. The Balaban J connectivity index is 3.01. The molecule has 0 spiro atoms. The third-order valence-electron chi connectivity index (χ3n) is 1.02. The number of rotatable bonds is 1. The molecule has 0 unspecified atom stereocenters. The molecule has 0 atom stereocenters. The van der Waals surface area contributed by atoms with E-state index in [4.69, 9.17) is 11.5 Å².